The molecule has 0 bridgehead atoms. The average Bonchev–Trinajstić information content (AvgIpc) is 2.37. The highest BCUT2D eigenvalue weighted by Gasteiger charge is 2.10. The van der Waals surface area contributed by atoms with Gasteiger partial charge in [-0.2, -0.15) is 0 Å². The van der Waals surface area contributed by atoms with Crippen molar-refractivity contribution in [2.75, 3.05) is 11.5 Å². The fraction of sp³-hybridized carbons (Fsp3) is 0. The molecule has 0 radical (unpaired) electrons. The molecule has 0 atom stereocenters. The van der Waals surface area contributed by atoms with Gasteiger partial charge in [0, 0.05) is 9.79 Å². The molecule has 2 rings (SSSR count). The third kappa shape index (κ3) is 3.75. The van der Waals surface area contributed by atoms with Gasteiger partial charge >= 0.3 is 0 Å². The first-order valence-corrected chi connectivity index (χ1v) is 8.88. The molecule has 0 fully saturated rings. The zero-order valence-electron chi connectivity index (χ0n) is 9.79. The fourth-order valence-electron chi connectivity index (χ4n) is 1.31. The van der Waals surface area contributed by atoms with Crippen LogP contribution in [0, 0.1) is 0 Å². The van der Waals surface area contributed by atoms with Crippen LogP contribution in [0.25, 0.3) is 0 Å². The van der Waals surface area contributed by atoms with Gasteiger partial charge in [-0.25, -0.2) is 0 Å². The largest absolute Gasteiger partial charge is 0.397 e. The smallest absolute Gasteiger partial charge is 0.0651 e. The van der Waals surface area contributed by atoms with Crippen LogP contribution in [-0.4, -0.2) is 0 Å². The molecule has 0 aliphatic rings. The molecule has 0 heterocycles. The normalized spacial score (nSPS) is 10.8. The van der Waals surface area contributed by atoms with Crippen molar-refractivity contribution in [1.82, 2.24) is 0 Å². The number of nitrogen functional groups attached to an aromatic ring is 2. The predicted octanol–water partition coefficient (Wildman–Crippen LogP) is 6.26. The minimum Gasteiger partial charge on any atom is -0.397 e. The number of hydrogen-bond acceptors (Lipinski definition) is 4. The van der Waals surface area contributed by atoms with Gasteiger partial charge in [0.25, 0.3) is 0 Å². The summed E-state index contributed by atoms with van der Waals surface area (Å²) in [7, 11) is 2.83. The van der Waals surface area contributed by atoms with Crippen LogP contribution in [0.2, 0.25) is 20.1 Å². The van der Waals surface area contributed by atoms with Crippen LogP contribution < -0.4 is 11.5 Å². The quantitative estimate of drug-likeness (QED) is 0.483. The maximum Gasteiger partial charge on any atom is 0.0651 e. The van der Waals surface area contributed by atoms with Crippen molar-refractivity contribution in [2.24, 2.45) is 0 Å². The minimum absolute atomic E-state index is 0.429. The van der Waals surface area contributed by atoms with Crippen molar-refractivity contribution in [3.05, 3.63) is 44.4 Å². The third-order valence-electron chi connectivity index (χ3n) is 2.32. The summed E-state index contributed by atoms with van der Waals surface area (Å²) in [6.45, 7) is 0. The molecule has 0 spiro atoms. The molecular weight excluding hydrogens is 378 g/mol. The van der Waals surface area contributed by atoms with Crippen molar-refractivity contribution in [3.63, 3.8) is 0 Å². The molecule has 2 nitrogen and oxygen atoms in total. The first-order valence-electron chi connectivity index (χ1n) is 5.22. The lowest BCUT2D eigenvalue weighted by Gasteiger charge is -2.08. The number of benzene rings is 2. The van der Waals surface area contributed by atoms with Crippen LogP contribution >= 0.6 is 68.0 Å². The Labute approximate surface area is 144 Å². The monoisotopic (exact) mass is 384 g/mol. The summed E-state index contributed by atoms with van der Waals surface area (Å²) in [4.78, 5) is 1.59. The number of rotatable bonds is 3. The molecule has 0 saturated heterocycles. The van der Waals surface area contributed by atoms with Gasteiger partial charge in [0.1, 0.15) is 0 Å². The van der Waals surface area contributed by atoms with E-state index in [1.54, 1.807) is 24.3 Å². The lowest BCUT2D eigenvalue weighted by Crippen LogP contribution is -1.88. The molecule has 2 aromatic rings. The minimum atomic E-state index is 0.429. The van der Waals surface area contributed by atoms with E-state index >= 15 is 0 Å². The summed E-state index contributed by atoms with van der Waals surface area (Å²) in [5, 5.41) is 1.91. The molecule has 0 aliphatic carbocycles. The molecule has 0 saturated carbocycles. The first kappa shape index (κ1) is 16.3. The number of nitrogens with two attached hydrogens (primary N) is 2. The highest BCUT2D eigenvalue weighted by molar-refractivity contribution is 8.76. The Balaban J connectivity index is 2.21. The molecule has 8 heteroatoms. The van der Waals surface area contributed by atoms with Crippen LogP contribution in [0.1, 0.15) is 0 Å². The SMILES string of the molecule is Nc1cc(SSc2cc(N)c(Cl)cc2Cl)c(Cl)cc1Cl. The standard InChI is InChI=1S/C12H8Cl4N2S2/c13-5-1-7(15)11(3-9(5)17)19-20-12-4-10(18)6(14)2-8(12)16/h1-4H,17-18H2. The summed E-state index contributed by atoms with van der Waals surface area (Å²) in [5.74, 6) is 0. The average molecular weight is 386 g/mol. The van der Waals surface area contributed by atoms with Gasteiger partial charge in [0.2, 0.25) is 0 Å². The third-order valence-corrected chi connectivity index (χ3v) is 6.27. The van der Waals surface area contributed by atoms with Crippen LogP contribution in [0.4, 0.5) is 11.4 Å². The van der Waals surface area contributed by atoms with E-state index < -0.39 is 0 Å². The summed E-state index contributed by atoms with van der Waals surface area (Å²) in [5.41, 5.74) is 12.5. The van der Waals surface area contributed by atoms with Gasteiger partial charge in [-0.15, -0.1) is 0 Å². The second-order valence-electron chi connectivity index (χ2n) is 3.77. The molecule has 0 unspecified atom stereocenters. The Bertz CT molecular complexity index is 607. The van der Waals surface area contributed by atoms with Gasteiger partial charge in [-0.05, 0) is 24.3 Å². The van der Waals surface area contributed by atoms with Crippen LogP contribution in [0.5, 0.6) is 0 Å². The fourth-order valence-corrected chi connectivity index (χ4v) is 4.75. The Hall–Kier alpha value is -0.100. The molecule has 2 aromatic carbocycles. The van der Waals surface area contributed by atoms with E-state index in [1.165, 1.54) is 21.6 Å². The van der Waals surface area contributed by atoms with E-state index in [1.807, 2.05) is 0 Å². The van der Waals surface area contributed by atoms with Crippen molar-refractivity contribution in [1.29, 1.82) is 0 Å². The van der Waals surface area contributed by atoms with Crippen molar-refractivity contribution in [3.8, 4) is 0 Å². The van der Waals surface area contributed by atoms with Crippen LogP contribution in [0.15, 0.2) is 34.1 Å². The van der Waals surface area contributed by atoms with Crippen molar-refractivity contribution >= 4 is 79.4 Å². The van der Waals surface area contributed by atoms with Gasteiger partial charge < -0.3 is 11.5 Å². The summed E-state index contributed by atoms with van der Waals surface area (Å²) in [6.07, 6.45) is 0. The molecule has 4 N–H and O–H groups in total. The molecule has 106 valence electrons. The van der Waals surface area contributed by atoms with Crippen molar-refractivity contribution < 1.29 is 0 Å². The number of halogens is 4. The van der Waals surface area contributed by atoms with E-state index in [0.717, 1.165) is 9.79 Å². The summed E-state index contributed by atoms with van der Waals surface area (Å²) in [6, 6.07) is 6.66. The van der Waals surface area contributed by atoms with Crippen molar-refractivity contribution in [2.45, 2.75) is 9.79 Å². The van der Waals surface area contributed by atoms with Crippen LogP contribution in [-0.2, 0) is 0 Å². The topological polar surface area (TPSA) is 52.0 Å². The Morgan fingerprint density at radius 3 is 1.30 bits per heavy atom. The molecule has 0 aliphatic heterocycles. The maximum atomic E-state index is 6.11. The Morgan fingerprint density at radius 2 is 0.950 bits per heavy atom. The van der Waals surface area contributed by atoms with E-state index in [0.29, 0.717) is 31.5 Å². The predicted molar refractivity (Wildman–Crippen MR) is 93.5 cm³/mol. The van der Waals surface area contributed by atoms with E-state index in [-0.39, 0.29) is 0 Å². The zero-order valence-corrected chi connectivity index (χ0v) is 14.4. The highest BCUT2D eigenvalue weighted by atomic mass is 35.5. The lowest BCUT2D eigenvalue weighted by molar-refractivity contribution is 1.46. The second kappa shape index (κ2) is 6.77. The van der Waals surface area contributed by atoms with Gasteiger partial charge in [0.15, 0.2) is 0 Å². The summed E-state index contributed by atoms with van der Waals surface area (Å²) >= 11 is 24.0. The first-order chi connectivity index (χ1) is 9.38. The Kier molecular flexibility index (Phi) is 5.51. The molecular formula is C12H8Cl4N2S2. The second-order valence-corrected chi connectivity index (χ2v) is 7.62. The van der Waals surface area contributed by atoms with Gasteiger partial charge in [-0.1, -0.05) is 68.0 Å². The summed E-state index contributed by atoms with van der Waals surface area (Å²) < 4.78 is 0. The van der Waals surface area contributed by atoms with E-state index in [2.05, 4.69) is 0 Å². The molecule has 0 amide bonds. The number of hydrogen-bond donors (Lipinski definition) is 2. The highest BCUT2D eigenvalue weighted by Crippen LogP contribution is 2.46. The lowest BCUT2D eigenvalue weighted by atomic mass is 10.3. The molecule has 0 aromatic heterocycles. The van der Waals surface area contributed by atoms with E-state index in [9.17, 15) is 0 Å². The number of anilines is 2. The van der Waals surface area contributed by atoms with Crippen LogP contribution in [0.3, 0.4) is 0 Å². The maximum absolute atomic E-state index is 6.11. The van der Waals surface area contributed by atoms with E-state index in [4.69, 9.17) is 57.9 Å². The van der Waals surface area contributed by atoms with Gasteiger partial charge in [0.05, 0.1) is 31.5 Å². The molecule has 20 heavy (non-hydrogen) atoms. The zero-order chi connectivity index (χ0) is 14.9. The Morgan fingerprint density at radius 1 is 0.600 bits per heavy atom. The van der Waals surface area contributed by atoms with Gasteiger partial charge in [-0.3, -0.25) is 0 Å².